The van der Waals surface area contributed by atoms with Gasteiger partial charge in [0.2, 0.25) is 0 Å². The van der Waals surface area contributed by atoms with E-state index in [0.29, 0.717) is 23.6 Å². The quantitative estimate of drug-likeness (QED) is 0.571. The number of ether oxygens (including phenoxy) is 1. The van der Waals surface area contributed by atoms with Crippen molar-refractivity contribution in [3.8, 4) is 5.75 Å². The highest BCUT2D eigenvalue weighted by Crippen LogP contribution is 2.16. The molecule has 2 rings (SSSR count). The van der Waals surface area contributed by atoms with Crippen LogP contribution in [0.4, 0.5) is 0 Å². The molecule has 7 nitrogen and oxygen atoms in total. The summed E-state index contributed by atoms with van der Waals surface area (Å²) in [4.78, 5) is 2.42. The molecule has 0 saturated heterocycles. The summed E-state index contributed by atoms with van der Waals surface area (Å²) in [6.45, 7) is 3.95. The van der Waals surface area contributed by atoms with E-state index in [4.69, 9.17) is 4.74 Å². The summed E-state index contributed by atoms with van der Waals surface area (Å²) < 4.78 is 52.8. The zero-order valence-electron chi connectivity index (χ0n) is 14.6. The van der Waals surface area contributed by atoms with E-state index < -0.39 is 19.9 Å². The second kappa shape index (κ2) is 7.88. The summed E-state index contributed by atoms with van der Waals surface area (Å²) >= 11 is 0. The molecule has 0 aliphatic carbocycles. The first-order valence-corrected chi connectivity index (χ1v) is 11.1. The van der Waals surface area contributed by atoms with Crippen LogP contribution < -0.4 is 9.57 Å². The number of hydrogen-bond donors (Lipinski definition) is 1. The van der Waals surface area contributed by atoms with E-state index in [1.807, 2.05) is 6.92 Å². The fourth-order valence-corrected chi connectivity index (χ4v) is 3.56. The van der Waals surface area contributed by atoms with Gasteiger partial charge in [-0.05, 0) is 55.8 Å². The molecule has 0 fully saturated rings. The normalized spacial score (nSPS) is 12.7. The van der Waals surface area contributed by atoms with Gasteiger partial charge < -0.3 is 4.74 Å². The van der Waals surface area contributed by atoms with Crippen LogP contribution in [0.15, 0.2) is 63.4 Å². The number of rotatable bonds is 7. The first kappa shape index (κ1) is 19.9. The van der Waals surface area contributed by atoms with Crippen LogP contribution in [-0.4, -0.2) is 35.4 Å². The zero-order valence-corrected chi connectivity index (χ0v) is 16.3. The minimum atomic E-state index is -3.82. The maximum atomic E-state index is 12.3. The van der Waals surface area contributed by atoms with Crippen molar-refractivity contribution in [3.05, 3.63) is 54.1 Å². The molecule has 1 N–H and O–H groups in total. The summed E-state index contributed by atoms with van der Waals surface area (Å²) in [5.41, 5.74) is 1.01. The third kappa shape index (κ3) is 5.06. The fourth-order valence-electron chi connectivity index (χ4n) is 2.07. The van der Waals surface area contributed by atoms with Gasteiger partial charge in [-0.2, -0.15) is 18.4 Å². The smallest absolute Gasteiger partial charge is 0.276 e. The van der Waals surface area contributed by atoms with Crippen molar-refractivity contribution in [1.82, 2.24) is 4.83 Å². The predicted molar refractivity (Wildman–Crippen MR) is 99.7 cm³/mol. The molecule has 2 aromatic rings. The van der Waals surface area contributed by atoms with E-state index in [0.717, 1.165) is 6.26 Å². The lowest BCUT2D eigenvalue weighted by atomic mass is 10.1. The zero-order chi connectivity index (χ0) is 19.4. The van der Waals surface area contributed by atoms with Crippen molar-refractivity contribution >= 4 is 25.6 Å². The minimum Gasteiger partial charge on any atom is -0.494 e. The predicted octanol–water partition coefficient (Wildman–Crippen LogP) is 2.19. The van der Waals surface area contributed by atoms with E-state index in [-0.39, 0.29) is 9.79 Å². The van der Waals surface area contributed by atoms with Gasteiger partial charge in [0.1, 0.15) is 5.75 Å². The first-order valence-electron chi connectivity index (χ1n) is 7.73. The van der Waals surface area contributed by atoms with Crippen LogP contribution >= 0.6 is 0 Å². The lowest BCUT2D eigenvalue weighted by molar-refractivity contribution is 0.340. The van der Waals surface area contributed by atoms with Crippen LogP contribution in [0.1, 0.15) is 19.4 Å². The van der Waals surface area contributed by atoms with E-state index in [9.17, 15) is 16.8 Å². The Kier molecular flexibility index (Phi) is 6.04. The number of hydrogen-bond acceptors (Lipinski definition) is 6. The molecule has 0 bridgehead atoms. The Morgan fingerprint density at radius 2 is 1.50 bits per heavy atom. The number of nitrogens with one attached hydrogen (secondary N) is 1. The van der Waals surface area contributed by atoms with Crippen molar-refractivity contribution in [2.24, 2.45) is 5.10 Å². The largest absolute Gasteiger partial charge is 0.494 e. The van der Waals surface area contributed by atoms with Crippen LogP contribution in [0.3, 0.4) is 0 Å². The molecule has 0 heterocycles. The Balaban J connectivity index is 2.16. The SMILES string of the molecule is CCOc1ccc(S(=O)(=O)N/N=C(/C)c2ccc(S(C)(=O)=O)cc2)cc1. The van der Waals surface area contributed by atoms with Crippen LogP contribution in [0.5, 0.6) is 5.75 Å². The van der Waals surface area contributed by atoms with Gasteiger partial charge in [-0.1, -0.05) is 12.1 Å². The molecule has 0 saturated carbocycles. The van der Waals surface area contributed by atoms with E-state index in [2.05, 4.69) is 9.93 Å². The molecule has 0 aliphatic rings. The lowest BCUT2D eigenvalue weighted by Gasteiger charge is -2.07. The van der Waals surface area contributed by atoms with Gasteiger partial charge in [-0.3, -0.25) is 0 Å². The van der Waals surface area contributed by atoms with Gasteiger partial charge in [0.15, 0.2) is 9.84 Å². The Labute approximate surface area is 153 Å². The lowest BCUT2D eigenvalue weighted by Crippen LogP contribution is -2.20. The second-order valence-corrected chi connectivity index (χ2v) is 9.17. The monoisotopic (exact) mass is 396 g/mol. The van der Waals surface area contributed by atoms with Gasteiger partial charge in [0.05, 0.1) is 22.1 Å². The number of hydrazone groups is 1. The average molecular weight is 396 g/mol. The Hall–Kier alpha value is -2.39. The minimum absolute atomic E-state index is 0.0601. The highest BCUT2D eigenvalue weighted by Gasteiger charge is 2.13. The standard InChI is InChI=1S/C17H20N2O5S2/c1-4-24-15-7-11-17(12-8-15)26(22,23)19-18-13(2)14-5-9-16(10-6-14)25(3,20)21/h5-12,19H,4H2,1-3H3/b18-13-. The number of sulfone groups is 1. The molecule has 0 radical (unpaired) electrons. The third-order valence-corrected chi connectivity index (χ3v) is 5.83. The van der Waals surface area contributed by atoms with Gasteiger partial charge in [0.25, 0.3) is 10.0 Å². The Morgan fingerprint density at radius 1 is 0.962 bits per heavy atom. The van der Waals surface area contributed by atoms with Gasteiger partial charge in [0, 0.05) is 6.26 Å². The maximum Gasteiger partial charge on any atom is 0.276 e. The topological polar surface area (TPSA) is 102 Å². The first-order chi connectivity index (χ1) is 12.1. The van der Waals surface area contributed by atoms with Gasteiger partial charge in [-0.25, -0.2) is 8.42 Å². The highest BCUT2D eigenvalue weighted by atomic mass is 32.2. The Bertz CT molecular complexity index is 994. The molecule has 0 unspecified atom stereocenters. The van der Waals surface area contributed by atoms with Crippen molar-refractivity contribution in [2.45, 2.75) is 23.6 Å². The van der Waals surface area contributed by atoms with Crippen LogP contribution in [-0.2, 0) is 19.9 Å². The summed E-state index contributed by atoms with van der Waals surface area (Å²) in [5.74, 6) is 0.581. The summed E-state index contributed by atoms with van der Waals surface area (Å²) in [5, 5.41) is 3.89. The van der Waals surface area contributed by atoms with E-state index >= 15 is 0 Å². The van der Waals surface area contributed by atoms with Crippen molar-refractivity contribution in [1.29, 1.82) is 0 Å². The molecule has 0 spiro atoms. The molecule has 0 aliphatic heterocycles. The van der Waals surface area contributed by atoms with Crippen molar-refractivity contribution in [3.63, 3.8) is 0 Å². The van der Waals surface area contributed by atoms with Gasteiger partial charge in [-0.15, -0.1) is 0 Å². The fraction of sp³-hybridized carbons (Fsp3) is 0.235. The summed E-state index contributed by atoms with van der Waals surface area (Å²) in [6, 6.07) is 12.0. The molecule has 140 valence electrons. The third-order valence-electron chi connectivity index (χ3n) is 3.48. The summed E-state index contributed by atoms with van der Waals surface area (Å²) in [6.07, 6.45) is 1.12. The van der Waals surface area contributed by atoms with Crippen molar-refractivity contribution in [2.75, 3.05) is 12.9 Å². The molecule has 9 heteroatoms. The molecule has 2 aromatic carbocycles. The molecule has 0 aromatic heterocycles. The Morgan fingerprint density at radius 3 is 2.00 bits per heavy atom. The number of benzene rings is 2. The van der Waals surface area contributed by atoms with Crippen LogP contribution in [0.25, 0.3) is 0 Å². The van der Waals surface area contributed by atoms with Gasteiger partial charge >= 0.3 is 0 Å². The highest BCUT2D eigenvalue weighted by molar-refractivity contribution is 7.90. The number of nitrogens with zero attached hydrogens (tertiary/aromatic N) is 1. The second-order valence-electron chi connectivity index (χ2n) is 5.49. The number of sulfonamides is 1. The average Bonchev–Trinajstić information content (AvgIpc) is 2.60. The van der Waals surface area contributed by atoms with Crippen LogP contribution in [0.2, 0.25) is 0 Å². The van der Waals surface area contributed by atoms with Crippen molar-refractivity contribution < 1.29 is 21.6 Å². The van der Waals surface area contributed by atoms with E-state index in [1.54, 1.807) is 31.2 Å². The van der Waals surface area contributed by atoms with E-state index in [1.165, 1.54) is 24.3 Å². The molecule has 0 atom stereocenters. The molecular weight excluding hydrogens is 376 g/mol. The molecule has 26 heavy (non-hydrogen) atoms. The summed E-state index contributed by atoms with van der Waals surface area (Å²) in [7, 11) is -7.10. The maximum absolute atomic E-state index is 12.3. The van der Waals surface area contributed by atoms with Crippen LogP contribution in [0, 0.1) is 0 Å². The molecular formula is C17H20N2O5S2. The molecule has 0 amide bonds.